The van der Waals surface area contributed by atoms with Crippen LogP contribution in [-0.4, -0.2) is 25.9 Å². The van der Waals surface area contributed by atoms with Gasteiger partial charge in [0.15, 0.2) is 9.84 Å². The number of aliphatic hydroxyl groups excluding tert-OH is 1. The van der Waals surface area contributed by atoms with Gasteiger partial charge in [-0.2, -0.15) is 0 Å². The lowest BCUT2D eigenvalue weighted by Crippen LogP contribution is -2.51. The van der Waals surface area contributed by atoms with Crippen LogP contribution in [0.5, 0.6) is 0 Å². The highest BCUT2D eigenvalue weighted by Crippen LogP contribution is 2.39. The first kappa shape index (κ1) is 11.6. The molecule has 0 aliphatic heterocycles. The van der Waals surface area contributed by atoms with Gasteiger partial charge in [-0.25, -0.2) is 8.42 Å². The number of hydrogen-bond donors (Lipinski definition) is 2. The first-order valence-corrected chi connectivity index (χ1v) is 6.98. The maximum atomic E-state index is 11.4. The van der Waals surface area contributed by atoms with E-state index in [0.717, 1.165) is 5.56 Å². The average Bonchev–Trinajstić information content (AvgIpc) is 2.14. The quantitative estimate of drug-likeness (QED) is 0.785. The van der Waals surface area contributed by atoms with Crippen LogP contribution in [0.15, 0.2) is 29.2 Å². The molecular weight excluding hydrogens is 226 g/mol. The summed E-state index contributed by atoms with van der Waals surface area (Å²) in [6.45, 7) is 0. The Hall–Kier alpha value is -0.910. The molecule has 4 nitrogen and oxygen atoms in total. The zero-order valence-electron chi connectivity index (χ0n) is 9.05. The number of sulfone groups is 1. The van der Waals surface area contributed by atoms with Crippen molar-refractivity contribution in [3.8, 4) is 0 Å². The summed E-state index contributed by atoms with van der Waals surface area (Å²) < 4.78 is 22.8. The van der Waals surface area contributed by atoms with Crippen LogP contribution in [0, 0.1) is 0 Å². The summed E-state index contributed by atoms with van der Waals surface area (Å²) in [5.74, 6) is 0. The Kier molecular flexibility index (Phi) is 2.57. The minimum absolute atomic E-state index is 0.274. The standard InChI is InChI=1S/C11H15NO3S/c1-16(14,15)10-4-2-3-8(5-10)11(12)6-9(13)7-11/h2-5,9,13H,6-7,12H2,1H3. The van der Waals surface area contributed by atoms with Gasteiger partial charge >= 0.3 is 0 Å². The predicted molar refractivity (Wildman–Crippen MR) is 60.7 cm³/mol. The number of benzene rings is 1. The Labute approximate surface area is 95.0 Å². The van der Waals surface area contributed by atoms with E-state index < -0.39 is 15.4 Å². The number of hydrogen-bond acceptors (Lipinski definition) is 4. The summed E-state index contributed by atoms with van der Waals surface area (Å²) in [5, 5.41) is 9.28. The lowest BCUT2D eigenvalue weighted by molar-refractivity contribution is 0.0208. The Balaban J connectivity index is 2.38. The molecule has 2 rings (SSSR count). The molecule has 1 aromatic rings. The molecule has 1 aliphatic carbocycles. The summed E-state index contributed by atoms with van der Waals surface area (Å²) >= 11 is 0. The maximum absolute atomic E-state index is 11.4. The van der Waals surface area contributed by atoms with Gasteiger partial charge in [0.05, 0.1) is 11.0 Å². The number of rotatable bonds is 2. The van der Waals surface area contributed by atoms with Crippen LogP contribution in [-0.2, 0) is 15.4 Å². The van der Waals surface area contributed by atoms with Gasteiger partial charge in [0.1, 0.15) is 0 Å². The molecule has 0 radical (unpaired) electrons. The Morgan fingerprint density at radius 1 is 1.44 bits per heavy atom. The minimum Gasteiger partial charge on any atom is -0.393 e. The van der Waals surface area contributed by atoms with Gasteiger partial charge < -0.3 is 10.8 Å². The molecule has 0 heterocycles. The van der Waals surface area contributed by atoms with Crippen LogP contribution >= 0.6 is 0 Å². The van der Waals surface area contributed by atoms with E-state index in [2.05, 4.69) is 0 Å². The molecule has 0 unspecified atom stereocenters. The fraction of sp³-hybridized carbons (Fsp3) is 0.455. The van der Waals surface area contributed by atoms with E-state index >= 15 is 0 Å². The number of nitrogens with two attached hydrogens (primary N) is 1. The van der Waals surface area contributed by atoms with Crippen LogP contribution < -0.4 is 5.73 Å². The van der Waals surface area contributed by atoms with Gasteiger partial charge in [-0.05, 0) is 30.5 Å². The molecule has 0 saturated heterocycles. The summed E-state index contributed by atoms with van der Waals surface area (Å²) in [6.07, 6.45) is 1.78. The third-order valence-electron chi connectivity index (χ3n) is 3.04. The highest BCUT2D eigenvalue weighted by molar-refractivity contribution is 7.90. The Bertz CT molecular complexity index is 504. The van der Waals surface area contributed by atoms with Crippen LogP contribution in [0.25, 0.3) is 0 Å². The molecule has 1 aliphatic rings. The van der Waals surface area contributed by atoms with Crippen molar-refractivity contribution in [2.45, 2.75) is 29.4 Å². The maximum Gasteiger partial charge on any atom is 0.175 e. The van der Waals surface area contributed by atoms with E-state index in [1.54, 1.807) is 24.3 Å². The zero-order valence-corrected chi connectivity index (χ0v) is 9.87. The first-order chi connectivity index (χ1) is 7.31. The summed E-state index contributed by atoms with van der Waals surface area (Å²) in [6, 6.07) is 6.64. The molecule has 88 valence electrons. The second-order valence-electron chi connectivity index (χ2n) is 4.52. The zero-order chi connectivity index (χ0) is 12.0. The van der Waals surface area contributed by atoms with Gasteiger partial charge in [0.25, 0.3) is 0 Å². The SMILES string of the molecule is CS(=O)(=O)c1cccc(C2(N)CC(O)C2)c1. The molecule has 0 amide bonds. The first-order valence-electron chi connectivity index (χ1n) is 5.09. The van der Waals surface area contributed by atoms with Crippen molar-refractivity contribution in [1.82, 2.24) is 0 Å². The van der Waals surface area contributed by atoms with Crippen LogP contribution in [0.4, 0.5) is 0 Å². The van der Waals surface area contributed by atoms with Crippen molar-refractivity contribution in [2.24, 2.45) is 5.73 Å². The highest BCUT2D eigenvalue weighted by atomic mass is 32.2. The lowest BCUT2D eigenvalue weighted by atomic mass is 9.71. The van der Waals surface area contributed by atoms with E-state index in [0.29, 0.717) is 12.8 Å². The van der Waals surface area contributed by atoms with E-state index in [1.807, 2.05) is 0 Å². The summed E-state index contributed by atoms with van der Waals surface area (Å²) in [7, 11) is -3.20. The Morgan fingerprint density at radius 2 is 2.06 bits per heavy atom. The molecule has 0 bridgehead atoms. The largest absolute Gasteiger partial charge is 0.393 e. The van der Waals surface area contributed by atoms with E-state index in [4.69, 9.17) is 5.73 Å². The fourth-order valence-corrected chi connectivity index (χ4v) is 2.72. The van der Waals surface area contributed by atoms with E-state index in [-0.39, 0.29) is 11.0 Å². The predicted octanol–water partition coefficient (Wildman–Crippen LogP) is 0.399. The highest BCUT2D eigenvalue weighted by Gasteiger charge is 2.41. The molecule has 3 N–H and O–H groups in total. The molecule has 1 saturated carbocycles. The Morgan fingerprint density at radius 3 is 2.56 bits per heavy atom. The van der Waals surface area contributed by atoms with Crippen LogP contribution in [0.1, 0.15) is 18.4 Å². The lowest BCUT2D eigenvalue weighted by Gasteiger charge is -2.42. The molecule has 16 heavy (non-hydrogen) atoms. The van der Waals surface area contributed by atoms with Crippen molar-refractivity contribution in [3.63, 3.8) is 0 Å². The smallest absolute Gasteiger partial charge is 0.175 e. The van der Waals surface area contributed by atoms with Crippen molar-refractivity contribution in [3.05, 3.63) is 29.8 Å². The average molecular weight is 241 g/mol. The van der Waals surface area contributed by atoms with Crippen molar-refractivity contribution in [1.29, 1.82) is 0 Å². The van der Waals surface area contributed by atoms with Crippen molar-refractivity contribution in [2.75, 3.05) is 6.26 Å². The molecular formula is C11H15NO3S. The van der Waals surface area contributed by atoms with Gasteiger partial charge in [-0.3, -0.25) is 0 Å². The monoisotopic (exact) mass is 241 g/mol. The van der Waals surface area contributed by atoms with Crippen LogP contribution in [0.2, 0.25) is 0 Å². The molecule has 0 aromatic heterocycles. The fourth-order valence-electron chi connectivity index (χ4n) is 2.05. The minimum atomic E-state index is -3.20. The summed E-state index contributed by atoms with van der Waals surface area (Å²) in [5.41, 5.74) is 6.28. The second kappa shape index (κ2) is 3.55. The number of aliphatic hydroxyl groups is 1. The van der Waals surface area contributed by atoms with E-state index in [1.165, 1.54) is 6.26 Å². The third kappa shape index (κ3) is 1.98. The molecule has 5 heteroatoms. The van der Waals surface area contributed by atoms with Gasteiger partial charge in [0, 0.05) is 11.8 Å². The molecule has 1 fully saturated rings. The third-order valence-corrected chi connectivity index (χ3v) is 4.15. The normalized spacial score (nSPS) is 29.8. The van der Waals surface area contributed by atoms with Crippen molar-refractivity contribution >= 4 is 9.84 Å². The van der Waals surface area contributed by atoms with Crippen LogP contribution in [0.3, 0.4) is 0 Å². The van der Waals surface area contributed by atoms with E-state index in [9.17, 15) is 13.5 Å². The van der Waals surface area contributed by atoms with Crippen molar-refractivity contribution < 1.29 is 13.5 Å². The van der Waals surface area contributed by atoms with Gasteiger partial charge in [-0.1, -0.05) is 12.1 Å². The molecule has 1 aromatic carbocycles. The molecule has 0 spiro atoms. The summed E-state index contributed by atoms with van der Waals surface area (Å²) in [4.78, 5) is 0.274. The van der Waals surface area contributed by atoms with Gasteiger partial charge in [0.2, 0.25) is 0 Å². The molecule has 0 atom stereocenters. The second-order valence-corrected chi connectivity index (χ2v) is 6.53. The topological polar surface area (TPSA) is 80.4 Å². The van der Waals surface area contributed by atoms with Gasteiger partial charge in [-0.15, -0.1) is 0 Å².